The molecule has 2 aromatic rings. The van der Waals surface area contributed by atoms with E-state index in [1.165, 1.54) is 0 Å². The van der Waals surface area contributed by atoms with Crippen LogP contribution in [-0.2, 0) is 16.1 Å². The van der Waals surface area contributed by atoms with Gasteiger partial charge in [-0.1, -0.05) is 17.7 Å². The highest BCUT2D eigenvalue weighted by Crippen LogP contribution is 2.24. The average Bonchev–Trinajstić information content (AvgIpc) is 3.00. The fraction of sp³-hybridized carbons (Fsp3) is 0.353. The number of hydrogen-bond donors (Lipinski definition) is 4. The van der Waals surface area contributed by atoms with Gasteiger partial charge in [-0.25, -0.2) is 9.59 Å². The summed E-state index contributed by atoms with van der Waals surface area (Å²) in [5.41, 5.74) is 5.85. The van der Waals surface area contributed by atoms with Crippen molar-refractivity contribution in [2.24, 2.45) is 5.73 Å². The fourth-order valence-corrected chi connectivity index (χ4v) is 2.88. The van der Waals surface area contributed by atoms with Gasteiger partial charge in [0, 0.05) is 41.6 Å². The number of fused-ring (bicyclic) bond motifs is 1. The van der Waals surface area contributed by atoms with Crippen molar-refractivity contribution in [3.05, 3.63) is 35.5 Å². The van der Waals surface area contributed by atoms with Crippen LogP contribution in [0.25, 0.3) is 10.9 Å². The Balaban J connectivity index is 1.86. The molecule has 0 aliphatic rings. The number of aliphatic carboxylic acids is 1. The van der Waals surface area contributed by atoms with Crippen LogP contribution in [0.1, 0.15) is 19.3 Å². The minimum absolute atomic E-state index is 0.139. The monoisotopic (exact) mass is 380 g/mol. The number of carboxylic acid groups (broad SMARTS) is 1. The number of nitrogens with zero attached hydrogens (tertiary/aromatic N) is 1. The summed E-state index contributed by atoms with van der Waals surface area (Å²) in [7, 11) is 0. The molecule has 140 valence electrons. The number of benzene rings is 1. The Kier molecular flexibility index (Phi) is 6.85. The largest absolute Gasteiger partial charge is 0.480 e. The molecule has 8 nitrogen and oxygen atoms in total. The van der Waals surface area contributed by atoms with Gasteiger partial charge in [0.1, 0.15) is 6.04 Å². The molecular formula is C17H21ClN4O4. The molecule has 2 rings (SSSR count). The Morgan fingerprint density at radius 2 is 2.04 bits per heavy atom. The van der Waals surface area contributed by atoms with Crippen LogP contribution >= 0.6 is 11.6 Å². The first-order valence-electron chi connectivity index (χ1n) is 8.17. The Hall–Kier alpha value is -2.74. The van der Waals surface area contributed by atoms with E-state index in [9.17, 15) is 19.5 Å². The molecule has 0 unspecified atom stereocenters. The quantitative estimate of drug-likeness (QED) is 0.494. The smallest absolute Gasteiger partial charge is 0.326 e. The topological polar surface area (TPSA) is 126 Å². The van der Waals surface area contributed by atoms with Crippen molar-refractivity contribution in [2.75, 3.05) is 6.54 Å². The molecule has 9 heteroatoms. The molecule has 1 heterocycles. The summed E-state index contributed by atoms with van der Waals surface area (Å²) in [5.74, 6) is -1.47. The third-order valence-corrected chi connectivity index (χ3v) is 4.27. The van der Waals surface area contributed by atoms with Crippen molar-refractivity contribution in [3.63, 3.8) is 0 Å². The Bertz CT molecular complexity index is 805. The van der Waals surface area contributed by atoms with E-state index in [1.807, 2.05) is 29.0 Å². The van der Waals surface area contributed by atoms with E-state index in [-0.39, 0.29) is 25.3 Å². The fourth-order valence-electron chi connectivity index (χ4n) is 2.64. The number of nitrogens with one attached hydrogen (secondary N) is 2. The molecule has 0 radical (unpaired) electrons. The molecule has 5 N–H and O–H groups in total. The van der Waals surface area contributed by atoms with Gasteiger partial charge in [-0.3, -0.25) is 4.79 Å². The molecule has 3 amide bonds. The molecular weight excluding hydrogens is 360 g/mol. The number of halogens is 1. The number of amides is 3. The second-order valence-corrected chi connectivity index (χ2v) is 6.23. The SMILES string of the molecule is NC(=O)NCCC[C@@H](NC(=O)CCn1ccc2c(Cl)cccc21)C(=O)O. The number of carbonyl (C=O) groups is 3. The third-order valence-electron chi connectivity index (χ3n) is 3.94. The number of aromatic nitrogens is 1. The summed E-state index contributed by atoms with van der Waals surface area (Å²) in [6.45, 7) is 0.663. The second kappa shape index (κ2) is 9.10. The highest BCUT2D eigenvalue weighted by atomic mass is 35.5. The molecule has 1 aromatic carbocycles. The van der Waals surface area contributed by atoms with E-state index >= 15 is 0 Å². The lowest BCUT2D eigenvalue weighted by molar-refractivity contribution is -0.142. The van der Waals surface area contributed by atoms with Crippen LogP contribution < -0.4 is 16.4 Å². The minimum Gasteiger partial charge on any atom is -0.480 e. The molecule has 0 bridgehead atoms. The number of nitrogens with two attached hydrogens (primary N) is 1. The predicted molar refractivity (Wildman–Crippen MR) is 98.0 cm³/mol. The van der Waals surface area contributed by atoms with Crippen LogP contribution in [0, 0.1) is 0 Å². The Labute approximate surface area is 155 Å². The van der Waals surface area contributed by atoms with Crippen LogP contribution in [0.15, 0.2) is 30.5 Å². The maximum absolute atomic E-state index is 12.1. The summed E-state index contributed by atoms with van der Waals surface area (Å²) in [6, 6.07) is 5.74. The van der Waals surface area contributed by atoms with Crippen molar-refractivity contribution in [1.82, 2.24) is 15.2 Å². The van der Waals surface area contributed by atoms with E-state index in [4.69, 9.17) is 17.3 Å². The van der Waals surface area contributed by atoms with E-state index in [1.54, 1.807) is 6.07 Å². The van der Waals surface area contributed by atoms with Crippen LogP contribution in [0.5, 0.6) is 0 Å². The number of carbonyl (C=O) groups excluding carboxylic acids is 2. The van der Waals surface area contributed by atoms with Gasteiger partial charge in [-0.05, 0) is 31.0 Å². The molecule has 0 fully saturated rings. The summed E-state index contributed by atoms with van der Waals surface area (Å²) in [4.78, 5) is 33.9. The van der Waals surface area contributed by atoms with Crippen molar-refractivity contribution in [1.29, 1.82) is 0 Å². The molecule has 26 heavy (non-hydrogen) atoms. The molecule has 0 saturated heterocycles. The van der Waals surface area contributed by atoms with Crippen molar-refractivity contribution in [2.45, 2.75) is 31.8 Å². The Morgan fingerprint density at radius 1 is 1.27 bits per heavy atom. The van der Waals surface area contributed by atoms with Gasteiger partial charge >= 0.3 is 12.0 Å². The van der Waals surface area contributed by atoms with Gasteiger partial charge in [-0.15, -0.1) is 0 Å². The average molecular weight is 381 g/mol. The lowest BCUT2D eigenvalue weighted by Gasteiger charge is -2.15. The van der Waals surface area contributed by atoms with Crippen LogP contribution in [0.4, 0.5) is 4.79 Å². The van der Waals surface area contributed by atoms with E-state index < -0.39 is 18.0 Å². The Morgan fingerprint density at radius 3 is 2.73 bits per heavy atom. The number of hydrogen-bond acceptors (Lipinski definition) is 3. The lowest BCUT2D eigenvalue weighted by atomic mass is 10.1. The third kappa shape index (κ3) is 5.38. The summed E-state index contributed by atoms with van der Waals surface area (Å²) in [6.07, 6.45) is 2.57. The second-order valence-electron chi connectivity index (χ2n) is 5.82. The zero-order chi connectivity index (χ0) is 19.1. The molecule has 0 saturated carbocycles. The number of urea groups is 1. The number of aryl methyl sites for hydroxylation is 1. The first-order valence-corrected chi connectivity index (χ1v) is 8.55. The van der Waals surface area contributed by atoms with Crippen molar-refractivity contribution < 1.29 is 19.5 Å². The summed E-state index contributed by atoms with van der Waals surface area (Å²) < 4.78 is 1.90. The maximum Gasteiger partial charge on any atom is 0.326 e. The number of rotatable bonds is 9. The van der Waals surface area contributed by atoms with Crippen LogP contribution in [0.3, 0.4) is 0 Å². The van der Waals surface area contributed by atoms with E-state index in [0.29, 0.717) is 18.0 Å². The van der Waals surface area contributed by atoms with Crippen molar-refractivity contribution in [3.8, 4) is 0 Å². The minimum atomic E-state index is -1.12. The van der Waals surface area contributed by atoms with Crippen molar-refractivity contribution >= 4 is 40.4 Å². The van der Waals surface area contributed by atoms with Crippen LogP contribution in [-0.4, -0.2) is 40.2 Å². The van der Waals surface area contributed by atoms with Crippen LogP contribution in [0.2, 0.25) is 5.02 Å². The molecule has 1 aromatic heterocycles. The van der Waals surface area contributed by atoms with Gasteiger partial charge in [0.2, 0.25) is 5.91 Å². The number of carboxylic acids is 1. The summed E-state index contributed by atoms with van der Waals surface area (Å²) >= 11 is 6.12. The van der Waals surface area contributed by atoms with Gasteiger partial charge < -0.3 is 26.0 Å². The normalized spacial score (nSPS) is 11.9. The molecule has 0 spiro atoms. The van der Waals surface area contributed by atoms with Gasteiger partial charge in [0.25, 0.3) is 0 Å². The van der Waals surface area contributed by atoms with Gasteiger partial charge in [0.15, 0.2) is 0 Å². The van der Waals surface area contributed by atoms with Gasteiger partial charge in [0.05, 0.1) is 0 Å². The first-order chi connectivity index (χ1) is 12.4. The van der Waals surface area contributed by atoms with Gasteiger partial charge in [-0.2, -0.15) is 0 Å². The molecule has 0 aliphatic carbocycles. The standard InChI is InChI=1S/C17H21ClN4O4/c18-12-3-1-5-14-11(12)6-9-22(14)10-7-15(23)21-13(16(24)25)4-2-8-20-17(19)26/h1,3,5-6,9,13H,2,4,7-8,10H2,(H,21,23)(H,24,25)(H3,19,20,26)/t13-/m1/s1. The predicted octanol–water partition coefficient (Wildman–Crippen LogP) is 1.70. The maximum atomic E-state index is 12.1. The lowest BCUT2D eigenvalue weighted by Crippen LogP contribution is -2.41. The highest BCUT2D eigenvalue weighted by Gasteiger charge is 2.19. The van der Waals surface area contributed by atoms with E-state index in [2.05, 4.69) is 10.6 Å². The highest BCUT2D eigenvalue weighted by molar-refractivity contribution is 6.35. The zero-order valence-electron chi connectivity index (χ0n) is 14.1. The number of primary amides is 1. The zero-order valence-corrected chi connectivity index (χ0v) is 14.8. The first kappa shape index (κ1) is 19.6. The molecule has 1 atom stereocenters. The molecule has 0 aliphatic heterocycles. The van der Waals surface area contributed by atoms with E-state index in [0.717, 1.165) is 10.9 Å². The summed E-state index contributed by atoms with van der Waals surface area (Å²) in [5, 5.41) is 15.6.